The van der Waals surface area contributed by atoms with E-state index in [9.17, 15) is 14.7 Å². The second-order valence-electron chi connectivity index (χ2n) is 8.89. The van der Waals surface area contributed by atoms with Crippen LogP contribution in [0.1, 0.15) is 47.2 Å². The molecule has 1 aromatic carbocycles. The van der Waals surface area contributed by atoms with Gasteiger partial charge in [-0.1, -0.05) is 43.4 Å². The van der Waals surface area contributed by atoms with Crippen LogP contribution in [0.25, 0.3) is 16.0 Å². The smallest absolute Gasteiger partial charge is 0.290 e. The van der Waals surface area contributed by atoms with Crippen molar-refractivity contribution in [2.45, 2.75) is 33.2 Å². The van der Waals surface area contributed by atoms with Crippen molar-refractivity contribution in [2.24, 2.45) is 0 Å². The summed E-state index contributed by atoms with van der Waals surface area (Å²) in [7, 11) is 0. The molecule has 0 saturated heterocycles. The molecule has 0 saturated carbocycles. The number of carbonyl (C=O) groups is 2. The number of hydrogen-bond donors (Lipinski definition) is 1. The molecule has 1 unspecified atom stereocenters. The van der Waals surface area contributed by atoms with Crippen molar-refractivity contribution in [3.63, 3.8) is 0 Å². The third-order valence-electron chi connectivity index (χ3n) is 6.91. The number of nitrogens with zero attached hydrogens (tertiary/aromatic N) is 5. The lowest BCUT2D eigenvalue weighted by Gasteiger charge is -2.27. The van der Waals surface area contributed by atoms with E-state index in [0.29, 0.717) is 21.9 Å². The van der Waals surface area contributed by atoms with Gasteiger partial charge in [-0.2, -0.15) is 0 Å². The number of carbonyl (C=O) groups excluding carboxylic acids is 2. The van der Waals surface area contributed by atoms with Gasteiger partial charge in [0.25, 0.3) is 5.91 Å². The Balaban J connectivity index is 1.53. The number of fused-ring (bicyclic) bond motifs is 3. The van der Waals surface area contributed by atoms with E-state index in [1.54, 1.807) is 23.4 Å². The van der Waals surface area contributed by atoms with Crippen molar-refractivity contribution in [3.8, 4) is 0 Å². The Kier molecular flexibility index (Phi) is 6.59. The molecule has 0 fully saturated rings. The number of aryl methyl sites for hydroxylation is 1. The number of para-hydroxylation sites is 2. The zero-order valence-corrected chi connectivity index (χ0v) is 21.5. The fourth-order valence-corrected chi connectivity index (χ4v) is 6.10. The Labute approximate surface area is 213 Å². The number of rotatable bonds is 9. The standard InChI is InChI=1S/C27H29N5O3S/c1-4-30(5-2)14-9-15-31-22(18-10-8-13-28-16-18)21(24(34)26(31)35)23(33)25-17(3)32-20-12-7-6-11-19(20)29-27(32)36-25/h6-8,10-13,16,22,34H,4-5,9,14-15H2,1-3H3. The molecule has 3 aromatic heterocycles. The third kappa shape index (κ3) is 3.98. The molecule has 0 radical (unpaired) electrons. The van der Waals surface area contributed by atoms with Crippen LogP contribution in [0.15, 0.2) is 60.1 Å². The summed E-state index contributed by atoms with van der Waals surface area (Å²) in [5, 5.41) is 11.0. The minimum absolute atomic E-state index is 0.104. The second-order valence-corrected chi connectivity index (χ2v) is 9.87. The summed E-state index contributed by atoms with van der Waals surface area (Å²) < 4.78 is 1.96. The fraction of sp³-hybridized carbons (Fsp3) is 0.333. The summed E-state index contributed by atoms with van der Waals surface area (Å²) in [5.41, 5.74) is 3.32. The predicted molar refractivity (Wildman–Crippen MR) is 140 cm³/mol. The molecule has 0 spiro atoms. The number of imidazole rings is 1. The minimum Gasteiger partial charge on any atom is -0.503 e. The maximum Gasteiger partial charge on any atom is 0.290 e. The average molecular weight is 504 g/mol. The number of amides is 1. The van der Waals surface area contributed by atoms with Crippen LogP contribution >= 0.6 is 11.3 Å². The molecular weight excluding hydrogens is 474 g/mol. The first-order valence-corrected chi connectivity index (χ1v) is 13.1. The Bertz CT molecular complexity index is 1470. The Morgan fingerprint density at radius 1 is 1.17 bits per heavy atom. The summed E-state index contributed by atoms with van der Waals surface area (Å²) >= 11 is 1.28. The van der Waals surface area contributed by atoms with Gasteiger partial charge in [0.1, 0.15) is 0 Å². The SMILES string of the molecule is CCN(CC)CCCN1C(=O)C(O)=C(C(=O)c2sc3nc4ccccc4n3c2C)C1c1cccnc1. The fourth-order valence-electron chi connectivity index (χ4n) is 5.00. The van der Waals surface area contributed by atoms with Crippen molar-refractivity contribution in [2.75, 3.05) is 26.2 Å². The molecule has 4 aromatic rings. The van der Waals surface area contributed by atoms with E-state index in [0.717, 1.165) is 42.8 Å². The number of ketones is 1. The van der Waals surface area contributed by atoms with Crippen molar-refractivity contribution < 1.29 is 14.7 Å². The molecule has 1 aliphatic rings. The second kappa shape index (κ2) is 9.83. The highest BCUT2D eigenvalue weighted by atomic mass is 32.1. The molecule has 0 bridgehead atoms. The number of pyridine rings is 1. The molecule has 36 heavy (non-hydrogen) atoms. The largest absolute Gasteiger partial charge is 0.503 e. The van der Waals surface area contributed by atoms with Gasteiger partial charge in [-0.15, -0.1) is 0 Å². The molecule has 1 N–H and O–H groups in total. The van der Waals surface area contributed by atoms with Gasteiger partial charge in [0.15, 0.2) is 10.7 Å². The molecule has 1 aliphatic heterocycles. The molecule has 8 nitrogen and oxygen atoms in total. The highest BCUT2D eigenvalue weighted by molar-refractivity contribution is 7.19. The van der Waals surface area contributed by atoms with Crippen molar-refractivity contribution >= 4 is 39.0 Å². The van der Waals surface area contributed by atoms with Crippen LogP contribution in [-0.4, -0.2) is 67.1 Å². The van der Waals surface area contributed by atoms with Crippen LogP contribution in [-0.2, 0) is 4.79 Å². The number of aliphatic hydroxyl groups excluding tert-OH is 1. The molecule has 4 heterocycles. The van der Waals surface area contributed by atoms with E-state index in [1.165, 1.54) is 11.3 Å². The zero-order valence-electron chi connectivity index (χ0n) is 20.6. The molecule has 5 rings (SSSR count). The lowest BCUT2D eigenvalue weighted by Crippen LogP contribution is -2.34. The van der Waals surface area contributed by atoms with Gasteiger partial charge in [-0.25, -0.2) is 4.98 Å². The number of Topliss-reactive ketones (excluding diaryl/α,β-unsaturated/α-hetero) is 1. The van der Waals surface area contributed by atoms with Gasteiger partial charge in [0.2, 0.25) is 5.78 Å². The topological polar surface area (TPSA) is 91.0 Å². The Morgan fingerprint density at radius 2 is 1.94 bits per heavy atom. The number of aromatic nitrogens is 3. The maximum atomic E-state index is 14.0. The Morgan fingerprint density at radius 3 is 2.67 bits per heavy atom. The summed E-state index contributed by atoms with van der Waals surface area (Å²) in [5.74, 6) is -1.35. The maximum absolute atomic E-state index is 14.0. The molecule has 1 amide bonds. The van der Waals surface area contributed by atoms with Crippen molar-refractivity contribution in [3.05, 3.63) is 76.3 Å². The molecule has 0 aliphatic carbocycles. The van der Waals surface area contributed by atoms with E-state index < -0.39 is 17.7 Å². The number of thiazole rings is 1. The first kappa shape index (κ1) is 24.1. The molecule has 1 atom stereocenters. The Hall–Kier alpha value is -3.56. The predicted octanol–water partition coefficient (Wildman–Crippen LogP) is 4.56. The molecule has 186 valence electrons. The van der Waals surface area contributed by atoms with Crippen LogP contribution in [0.5, 0.6) is 0 Å². The first-order chi connectivity index (χ1) is 17.5. The van der Waals surface area contributed by atoms with E-state index in [2.05, 4.69) is 28.7 Å². The highest BCUT2D eigenvalue weighted by Crippen LogP contribution is 2.40. The van der Waals surface area contributed by atoms with Crippen LogP contribution in [0, 0.1) is 6.92 Å². The zero-order chi connectivity index (χ0) is 25.4. The number of benzene rings is 1. The van der Waals surface area contributed by atoms with Gasteiger partial charge in [0.05, 0.1) is 27.5 Å². The van der Waals surface area contributed by atoms with Gasteiger partial charge in [-0.3, -0.25) is 19.0 Å². The van der Waals surface area contributed by atoms with Gasteiger partial charge in [0, 0.05) is 24.6 Å². The summed E-state index contributed by atoms with van der Waals surface area (Å²) in [6, 6.07) is 10.7. The van der Waals surface area contributed by atoms with Gasteiger partial charge >= 0.3 is 0 Å². The van der Waals surface area contributed by atoms with Gasteiger partial charge in [-0.05, 0) is 56.7 Å². The van der Waals surface area contributed by atoms with E-state index >= 15 is 0 Å². The van der Waals surface area contributed by atoms with Crippen LogP contribution in [0.3, 0.4) is 0 Å². The molecule has 9 heteroatoms. The van der Waals surface area contributed by atoms with Crippen molar-refractivity contribution in [1.29, 1.82) is 0 Å². The van der Waals surface area contributed by atoms with Crippen LogP contribution < -0.4 is 0 Å². The summed E-state index contributed by atoms with van der Waals surface area (Å²) in [4.78, 5) is 41.2. The van der Waals surface area contributed by atoms with E-state index in [-0.39, 0.29) is 11.4 Å². The van der Waals surface area contributed by atoms with E-state index in [1.807, 2.05) is 41.7 Å². The van der Waals surface area contributed by atoms with Crippen LogP contribution in [0.2, 0.25) is 0 Å². The third-order valence-corrected chi connectivity index (χ3v) is 8.05. The summed E-state index contributed by atoms with van der Waals surface area (Å²) in [6.45, 7) is 9.20. The highest BCUT2D eigenvalue weighted by Gasteiger charge is 2.44. The monoisotopic (exact) mass is 503 g/mol. The number of aliphatic hydroxyl groups is 1. The van der Waals surface area contributed by atoms with Gasteiger partial charge < -0.3 is 14.9 Å². The summed E-state index contributed by atoms with van der Waals surface area (Å²) in [6.07, 6.45) is 4.04. The van der Waals surface area contributed by atoms with Crippen LogP contribution in [0.4, 0.5) is 0 Å². The van der Waals surface area contributed by atoms with Crippen molar-refractivity contribution in [1.82, 2.24) is 24.2 Å². The minimum atomic E-state index is -0.694. The lowest BCUT2D eigenvalue weighted by molar-refractivity contribution is -0.129. The first-order valence-electron chi connectivity index (χ1n) is 12.2. The molecular formula is C27H29N5O3S. The normalized spacial score (nSPS) is 16.3. The quantitative estimate of drug-likeness (QED) is 0.337. The van der Waals surface area contributed by atoms with E-state index in [4.69, 9.17) is 0 Å². The number of hydrogen-bond acceptors (Lipinski definition) is 7. The lowest BCUT2D eigenvalue weighted by atomic mass is 9.96. The average Bonchev–Trinajstić information content (AvgIpc) is 3.51.